The molecule has 1 N–H and O–H groups in total. The highest BCUT2D eigenvalue weighted by Crippen LogP contribution is 2.28. The Morgan fingerprint density at radius 3 is 2.61 bits per heavy atom. The van der Waals surface area contributed by atoms with Gasteiger partial charge >= 0.3 is 12.3 Å². The maximum atomic E-state index is 12.0. The van der Waals surface area contributed by atoms with Gasteiger partial charge in [-0.1, -0.05) is 0 Å². The summed E-state index contributed by atoms with van der Waals surface area (Å²) in [6.45, 7) is 0. The first kappa shape index (κ1) is 13.9. The van der Waals surface area contributed by atoms with E-state index >= 15 is 0 Å². The van der Waals surface area contributed by atoms with E-state index in [-0.39, 0.29) is 11.3 Å². The largest absolute Gasteiger partial charge is 0.573 e. The Bertz CT molecular complexity index is 466. The average Bonchev–Trinajstić information content (AvgIpc) is 2.27. The first-order valence-electron chi connectivity index (χ1n) is 4.66. The number of phenols is 1. The molecule has 0 aliphatic carbocycles. The third-order valence-electron chi connectivity index (χ3n) is 1.83. The molecule has 1 aromatic rings. The first-order chi connectivity index (χ1) is 8.31. The van der Waals surface area contributed by atoms with Crippen LogP contribution in [0.4, 0.5) is 13.2 Å². The molecule has 18 heavy (non-hydrogen) atoms. The molecule has 0 unspecified atom stereocenters. The molecule has 0 bridgehead atoms. The van der Waals surface area contributed by atoms with Crippen molar-refractivity contribution >= 4 is 12.0 Å². The molecule has 0 heterocycles. The van der Waals surface area contributed by atoms with Gasteiger partial charge in [0.15, 0.2) is 0 Å². The Hall–Kier alpha value is -2.18. The van der Waals surface area contributed by atoms with Gasteiger partial charge in [-0.05, 0) is 24.3 Å². The number of ether oxygens (including phenoxy) is 2. The molecule has 0 aliphatic heterocycles. The summed E-state index contributed by atoms with van der Waals surface area (Å²) in [7, 11) is 1.15. The predicted molar refractivity (Wildman–Crippen MR) is 55.8 cm³/mol. The van der Waals surface area contributed by atoms with E-state index in [0.717, 1.165) is 37.5 Å². The Morgan fingerprint density at radius 2 is 2.06 bits per heavy atom. The fraction of sp³-hybridized carbons (Fsp3) is 0.182. The van der Waals surface area contributed by atoms with Crippen LogP contribution in [0, 0.1) is 0 Å². The van der Waals surface area contributed by atoms with Crippen molar-refractivity contribution in [1.82, 2.24) is 0 Å². The van der Waals surface area contributed by atoms with E-state index in [9.17, 15) is 23.1 Å². The van der Waals surface area contributed by atoms with Crippen LogP contribution in [0.3, 0.4) is 0 Å². The zero-order chi connectivity index (χ0) is 13.8. The van der Waals surface area contributed by atoms with Crippen LogP contribution in [0.15, 0.2) is 24.3 Å². The van der Waals surface area contributed by atoms with Gasteiger partial charge in [0.05, 0.1) is 7.11 Å². The molecule has 0 aromatic heterocycles. The maximum absolute atomic E-state index is 12.0. The molecule has 0 aliphatic rings. The smallest absolute Gasteiger partial charge is 0.507 e. The molecule has 0 fully saturated rings. The first-order valence-corrected chi connectivity index (χ1v) is 4.66. The lowest BCUT2D eigenvalue weighted by molar-refractivity contribution is -0.274. The molecule has 0 saturated heterocycles. The third kappa shape index (κ3) is 4.36. The summed E-state index contributed by atoms with van der Waals surface area (Å²) in [5.74, 6) is -1.48. The second kappa shape index (κ2) is 5.44. The number of benzene rings is 1. The number of hydrogen-bond donors (Lipinski definition) is 1. The van der Waals surface area contributed by atoms with Gasteiger partial charge in [-0.3, -0.25) is 0 Å². The van der Waals surface area contributed by atoms with Crippen molar-refractivity contribution in [2.45, 2.75) is 6.36 Å². The number of aromatic hydroxyl groups is 1. The average molecular weight is 262 g/mol. The highest BCUT2D eigenvalue weighted by Gasteiger charge is 2.31. The van der Waals surface area contributed by atoms with Gasteiger partial charge in [0.1, 0.15) is 11.5 Å². The van der Waals surface area contributed by atoms with Crippen LogP contribution in [0.2, 0.25) is 0 Å². The number of methoxy groups -OCH3 is 1. The summed E-state index contributed by atoms with van der Waals surface area (Å²) >= 11 is 0. The SMILES string of the molecule is COC(=O)C=Cc1cc(OC(F)(F)F)ccc1O. The molecule has 1 rings (SSSR count). The third-order valence-corrected chi connectivity index (χ3v) is 1.83. The zero-order valence-electron chi connectivity index (χ0n) is 9.19. The summed E-state index contributed by atoms with van der Waals surface area (Å²) in [5, 5.41) is 9.38. The minimum Gasteiger partial charge on any atom is -0.507 e. The van der Waals surface area contributed by atoms with Crippen molar-refractivity contribution < 1.29 is 32.5 Å². The van der Waals surface area contributed by atoms with Crippen molar-refractivity contribution in [3.63, 3.8) is 0 Å². The number of alkyl halides is 3. The molecule has 0 amide bonds. The van der Waals surface area contributed by atoms with Crippen molar-refractivity contribution in [3.8, 4) is 11.5 Å². The normalized spacial score (nSPS) is 11.6. The molecule has 4 nitrogen and oxygen atoms in total. The van der Waals surface area contributed by atoms with E-state index < -0.39 is 18.1 Å². The van der Waals surface area contributed by atoms with Crippen LogP contribution in [-0.2, 0) is 9.53 Å². The maximum Gasteiger partial charge on any atom is 0.573 e. The molecule has 98 valence electrons. The van der Waals surface area contributed by atoms with Crippen LogP contribution in [0.25, 0.3) is 6.08 Å². The number of hydrogen-bond acceptors (Lipinski definition) is 4. The Morgan fingerprint density at radius 1 is 1.39 bits per heavy atom. The molecule has 0 spiro atoms. The summed E-state index contributed by atoms with van der Waals surface area (Å²) in [6, 6.07) is 2.93. The fourth-order valence-electron chi connectivity index (χ4n) is 1.09. The van der Waals surface area contributed by atoms with Crippen LogP contribution in [0.1, 0.15) is 5.56 Å². The van der Waals surface area contributed by atoms with Crippen molar-refractivity contribution in [2.75, 3.05) is 7.11 Å². The lowest BCUT2D eigenvalue weighted by atomic mass is 10.2. The van der Waals surface area contributed by atoms with Gasteiger partial charge < -0.3 is 14.6 Å². The minimum absolute atomic E-state index is 0.00199. The van der Waals surface area contributed by atoms with E-state index in [4.69, 9.17) is 0 Å². The van der Waals surface area contributed by atoms with Gasteiger partial charge in [0, 0.05) is 11.6 Å². The van der Waals surface area contributed by atoms with Crippen LogP contribution >= 0.6 is 0 Å². The number of phenolic OH excluding ortho intramolecular Hbond substituents is 1. The molecule has 0 saturated carbocycles. The van der Waals surface area contributed by atoms with E-state index in [2.05, 4.69) is 9.47 Å². The Balaban J connectivity index is 2.95. The monoisotopic (exact) mass is 262 g/mol. The van der Waals surface area contributed by atoms with Gasteiger partial charge in [0.2, 0.25) is 0 Å². The van der Waals surface area contributed by atoms with Crippen molar-refractivity contribution in [1.29, 1.82) is 0 Å². The number of carbonyl (C=O) groups excluding carboxylic acids is 1. The number of rotatable bonds is 3. The van der Waals surface area contributed by atoms with Crippen molar-refractivity contribution in [3.05, 3.63) is 29.8 Å². The molecule has 1 aromatic carbocycles. The van der Waals surface area contributed by atoms with Gasteiger partial charge in [-0.2, -0.15) is 0 Å². The summed E-state index contributed by atoms with van der Waals surface area (Å²) < 4.78 is 43.9. The summed E-state index contributed by atoms with van der Waals surface area (Å²) in [5.41, 5.74) is 0.00199. The van der Waals surface area contributed by atoms with Gasteiger partial charge in [0.25, 0.3) is 0 Å². The Labute approximate surface area is 100 Å². The molecule has 7 heteroatoms. The predicted octanol–water partition coefficient (Wildman–Crippen LogP) is 2.48. The quantitative estimate of drug-likeness (QED) is 0.671. The highest BCUT2D eigenvalue weighted by molar-refractivity contribution is 5.87. The molecule has 0 atom stereocenters. The summed E-state index contributed by atoms with van der Waals surface area (Å²) in [6.07, 6.45) is -2.74. The van der Waals surface area contributed by atoms with E-state index in [1.54, 1.807) is 0 Å². The lowest BCUT2D eigenvalue weighted by Gasteiger charge is -2.09. The highest BCUT2D eigenvalue weighted by atomic mass is 19.4. The molecule has 0 radical (unpaired) electrons. The zero-order valence-corrected chi connectivity index (χ0v) is 9.19. The minimum atomic E-state index is -4.82. The second-order valence-electron chi connectivity index (χ2n) is 3.12. The van der Waals surface area contributed by atoms with E-state index in [1.165, 1.54) is 0 Å². The number of halogens is 3. The molecular weight excluding hydrogens is 253 g/mol. The number of carbonyl (C=O) groups is 1. The topological polar surface area (TPSA) is 55.8 Å². The standard InChI is InChI=1S/C11H9F3O4/c1-17-10(16)5-2-7-6-8(3-4-9(7)15)18-11(12,13)14/h2-6,15H,1H3. The van der Waals surface area contributed by atoms with E-state index in [1.807, 2.05) is 0 Å². The Kier molecular flexibility index (Phi) is 4.19. The van der Waals surface area contributed by atoms with Gasteiger partial charge in [-0.25, -0.2) is 4.79 Å². The summed E-state index contributed by atoms with van der Waals surface area (Å²) in [4.78, 5) is 10.8. The number of esters is 1. The van der Waals surface area contributed by atoms with Gasteiger partial charge in [-0.15, -0.1) is 13.2 Å². The second-order valence-corrected chi connectivity index (χ2v) is 3.12. The molecular formula is C11H9F3O4. The fourth-order valence-corrected chi connectivity index (χ4v) is 1.09. The van der Waals surface area contributed by atoms with Crippen LogP contribution < -0.4 is 4.74 Å². The lowest BCUT2D eigenvalue weighted by Crippen LogP contribution is -2.17. The van der Waals surface area contributed by atoms with Crippen LogP contribution in [-0.4, -0.2) is 24.5 Å². The van der Waals surface area contributed by atoms with Crippen molar-refractivity contribution in [2.24, 2.45) is 0 Å². The van der Waals surface area contributed by atoms with E-state index in [0.29, 0.717) is 0 Å². The van der Waals surface area contributed by atoms with Crippen LogP contribution in [0.5, 0.6) is 11.5 Å².